The SMILES string of the molecule is Cc1nn(C)c2sc(C(=O)N3C[C@@H](CN)[C@H](c4ccccc4)C3)cc12.Cl. The van der Waals surface area contributed by atoms with E-state index in [1.807, 2.05) is 35.7 Å². The van der Waals surface area contributed by atoms with Gasteiger partial charge in [0.15, 0.2) is 0 Å². The number of carbonyl (C=O) groups is 1. The van der Waals surface area contributed by atoms with Gasteiger partial charge >= 0.3 is 0 Å². The third-order valence-electron chi connectivity index (χ3n) is 5.17. The Kier molecular flexibility index (Phi) is 5.37. The molecular weight excluding hydrogens is 368 g/mol. The van der Waals surface area contributed by atoms with Gasteiger partial charge in [0.25, 0.3) is 5.91 Å². The van der Waals surface area contributed by atoms with Crippen LogP contribution in [0.25, 0.3) is 10.2 Å². The minimum Gasteiger partial charge on any atom is -0.337 e. The van der Waals surface area contributed by atoms with E-state index in [1.165, 1.54) is 16.9 Å². The number of benzene rings is 1. The fraction of sp³-hybridized carbons (Fsp3) is 0.368. The number of likely N-dealkylation sites (tertiary alicyclic amines) is 1. The molecule has 2 atom stereocenters. The van der Waals surface area contributed by atoms with E-state index in [1.54, 1.807) is 0 Å². The topological polar surface area (TPSA) is 64.2 Å². The normalized spacial score (nSPS) is 19.7. The second kappa shape index (κ2) is 7.39. The molecule has 5 nitrogen and oxygen atoms in total. The Balaban J connectivity index is 0.00000196. The quantitative estimate of drug-likeness (QED) is 0.747. The Hall–Kier alpha value is -1.89. The molecule has 4 rings (SSSR count). The van der Waals surface area contributed by atoms with Crippen LogP contribution in [0.4, 0.5) is 0 Å². The monoisotopic (exact) mass is 390 g/mol. The standard InChI is InChI=1S/C19H22N4OS.ClH/c1-12-15-8-17(25-19(15)22(2)21-12)18(24)23-10-14(9-20)16(11-23)13-6-4-3-5-7-13;/h3-8,14,16H,9-11,20H2,1-2H3;1H/t14-,16+;/m1./s1. The molecule has 1 aliphatic heterocycles. The highest BCUT2D eigenvalue weighted by Gasteiger charge is 2.36. The van der Waals surface area contributed by atoms with Crippen molar-refractivity contribution in [3.63, 3.8) is 0 Å². The maximum absolute atomic E-state index is 13.0. The summed E-state index contributed by atoms with van der Waals surface area (Å²) in [5, 5.41) is 5.48. The van der Waals surface area contributed by atoms with Gasteiger partial charge in [-0.2, -0.15) is 5.10 Å². The van der Waals surface area contributed by atoms with Crippen molar-refractivity contribution in [2.45, 2.75) is 12.8 Å². The molecule has 1 aliphatic rings. The highest BCUT2D eigenvalue weighted by atomic mass is 35.5. The molecule has 1 amide bonds. The second-order valence-electron chi connectivity index (χ2n) is 6.76. The van der Waals surface area contributed by atoms with E-state index in [0.29, 0.717) is 18.4 Å². The molecule has 0 saturated carbocycles. The summed E-state index contributed by atoms with van der Waals surface area (Å²) in [6.07, 6.45) is 0. The van der Waals surface area contributed by atoms with Crippen LogP contribution in [0.5, 0.6) is 0 Å². The number of fused-ring (bicyclic) bond motifs is 1. The molecule has 3 aromatic rings. The Morgan fingerprint density at radius 2 is 2.04 bits per heavy atom. The number of nitrogens with two attached hydrogens (primary N) is 1. The van der Waals surface area contributed by atoms with Crippen LogP contribution in [0.15, 0.2) is 36.4 Å². The number of rotatable bonds is 3. The van der Waals surface area contributed by atoms with Crippen LogP contribution in [0.1, 0.15) is 26.8 Å². The zero-order chi connectivity index (χ0) is 17.6. The van der Waals surface area contributed by atoms with E-state index in [4.69, 9.17) is 5.73 Å². The molecule has 7 heteroatoms. The van der Waals surface area contributed by atoms with Crippen LogP contribution in [0, 0.1) is 12.8 Å². The number of carbonyl (C=O) groups excluding carboxylic acids is 1. The van der Waals surface area contributed by atoms with Crippen LogP contribution in [-0.4, -0.2) is 40.2 Å². The Bertz CT molecular complexity index is 886. The molecule has 0 unspecified atom stereocenters. The van der Waals surface area contributed by atoms with Crippen molar-refractivity contribution in [2.75, 3.05) is 19.6 Å². The van der Waals surface area contributed by atoms with Gasteiger partial charge in [-0.1, -0.05) is 30.3 Å². The first-order chi connectivity index (χ1) is 12.1. The number of aromatic nitrogens is 2. The Morgan fingerprint density at radius 3 is 2.69 bits per heavy atom. The van der Waals surface area contributed by atoms with Crippen molar-refractivity contribution in [2.24, 2.45) is 18.7 Å². The highest BCUT2D eigenvalue weighted by molar-refractivity contribution is 7.20. The molecule has 0 aliphatic carbocycles. The summed E-state index contributed by atoms with van der Waals surface area (Å²) < 4.78 is 1.85. The Morgan fingerprint density at radius 1 is 1.31 bits per heavy atom. The molecular formula is C19H23ClN4OS. The molecule has 1 saturated heterocycles. The summed E-state index contributed by atoms with van der Waals surface area (Å²) in [5.41, 5.74) is 8.24. The predicted octanol–water partition coefficient (Wildman–Crippen LogP) is 3.18. The van der Waals surface area contributed by atoms with Crippen LogP contribution in [-0.2, 0) is 7.05 Å². The molecule has 1 fully saturated rings. The third-order valence-corrected chi connectivity index (χ3v) is 6.36. The first kappa shape index (κ1) is 18.9. The average molecular weight is 391 g/mol. The minimum atomic E-state index is 0. The van der Waals surface area contributed by atoms with Gasteiger partial charge in [0.2, 0.25) is 0 Å². The van der Waals surface area contributed by atoms with Crippen molar-refractivity contribution in [3.05, 3.63) is 52.5 Å². The number of hydrogen-bond donors (Lipinski definition) is 1. The van der Waals surface area contributed by atoms with Crippen LogP contribution < -0.4 is 5.73 Å². The summed E-state index contributed by atoms with van der Waals surface area (Å²) in [5.74, 6) is 0.731. The average Bonchev–Trinajstić information content (AvgIpc) is 3.31. The Labute approximate surface area is 163 Å². The summed E-state index contributed by atoms with van der Waals surface area (Å²) in [4.78, 5) is 16.8. The van der Waals surface area contributed by atoms with Gasteiger partial charge in [0.1, 0.15) is 4.83 Å². The fourth-order valence-electron chi connectivity index (χ4n) is 3.82. The predicted molar refractivity (Wildman–Crippen MR) is 108 cm³/mol. The fourth-order valence-corrected chi connectivity index (χ4v) is 4.91. The van der Waals surface area contributed by atoms with E-state index in [2.05, 4.69) is 29.4 Å². The van der Waals surface area contributed by atoms with Gasteiger partial charge in [0, 0.05) is 31.4 Å². The van der Waals surface area contributed by atoms with Gasteiger partial charge in [0.05, 0.1) is 10.6 Å². The van der Waals surface area contributed by atoms with E-state index in [0.717, 1.165) is 33.9 Å². The first-order valence-electron chi connectivity index (χ1n) is 8.56. The van der Waals surface area contributed by atoms with E-state index in [-0.39, 0.29) is 18.3 Å². The molecule has 0 radical (unpaired) electrons. The summed E-state index contributed by atoms with van der Waals surface area (Å²) in [6.45, 7) is 4.03. The lowest BCUT2D eigenvalue weighted by molar-refractivity contribution is 0.0791. The molecule has 2 aromatic heterocycles. The van der Waals surface area contributed by atoms with E-state index >= 15 is 0 Å². The van der Waals surface area contributed by atoms with E-state index < -0.39 is 0 Å². The number of hydrogen-bond acceptors (Lipinski definition) is 4. The number of thiophene rings is 1. The van der Waals surface area contributed by atoms with Crippen molar-refractivity contribution in [3.8, 4) is 0 Å². The molecule has 0 spiro atoms. The van der Waals surface area contributed by atoms with Gasteiger partial charge in [-0.3, -0.25) is 9.48 Å². The van der Waals surface area contributed by atoms with Crippen LogP contribution >= 0.6 is 23.7 Å². The lowest BCUT2D eigenvalue weighted by atomic mass is 9.89. The first-order valence-corrected chi connectivity index (χ1v) is 9.37. The molecule has 2 N–H and O–H groups in total. The van der Waals surface area contributed by atoms with E-state index in [9.17, 15) is 4.79 Å². The zero-order valence-corrected chi connectivity index (χ0v) is 16.5. The lowest BCUT2D eigenvalue weighted by Crippen LogP contribution is -2.29. The van der Waals surface area contributed by atoms with Gasteiger partial charge in [-0.15, -0.1) is 23.7 Å². The van der Waals surface area contributed by atoms with Crippen LogP contribution in [0.3, 0.4) is 0 Å². The van der Waals surface area contributed by atoms with Crippen LogP contribution in [0.2, 0.25) is 0 Å². The van der Waals surface area contributed by atoms with Crippen molar-refractivity contribution in [1.29, 1.82) is 0 Å². The minimum absolute atomic E-state index is 0. The summed E-state index contributed by atoms with van der Waals surface area (Å²) in [7, 11) is 1.92. The highest BCUT2D eigenvalue weighted by Crippen LogP contribution is 2.35. The maximum Gasteiger partial charge on any atom is 0.264 e. The van der Waals surface area contributed by atoms with Crippen molar-refractivity contribution >= 4 is 39.9 Å². The largest absolute Gasteiger partial charge is 0.337 e. The zero-order valence-electron chi connectivity index (χ0n) is 14.9. The number of nitrogens with zero attached hydrogens (tertiary/aromatic N) is 3. The summed E-state index contributed by atoms with van der Waals surface area (Å²) >= 11 is 1.52. The van der Waals surface area contributed by atoms with Crippen molar-refractivity contribution in [1.82, 2.24) is 14.7 Å². The van der Waals surface area contributed by atoms with Crippen molar-refractivity contribution < 1.29 is 4.79 Å². The summed E-state index contributed by atoms with van der Waals surface area (Å²) in [6, 6.07) is 12.4. The third kappa shape index (κ3) is 3.13. The van der Waals surface area contributed by atoms with Gasteiger partial charge in [-0.25, -0.2) is 0 Å². The molecule has 138 valence electrons. The second-order valence-corrected chi connectivity index (χ2v) is 7.79. The number of amides is 1. The number of aryl methyl sites for hydroxylation is 2. The van der Waals surface area contributed by atoms with Gasteiger partial charge < -0.3 is 10.6 Å². The van der Waals surface area contributed by atoms with Gasteiger partial charge in [-0.05, 0) is 31.0 Å². The molecule has 0 bridgehead atoms. The lowest BCUT2D eigenvalue weighted by Gasteiger charge is -2.16. The number of halogens is 1. The smallest absolute Gasteiger partial charge is 0.264 e. The molecule has 26 heavy (non-hydrogen) atoms. The molecule has 3 heterocycles. The maximum atomic E-state index is 13.0. The molecule has 1 aromatic carbocycles.